The summed E-state index contributed by atoms with van der Waals surface area (Å²) in [6.45, 7) is 2.94. The molecule has 4 aromatic rings. The van der Waals surface area contributed by atoms with Crippen LogP contribution in [0.2, 0.25) is 0 Å². The molecule has 6 heteroatoms. The zero-order valence-electron chi connectivity index (χ0n) is 17.5. The molecule has 1 aliphatic heterocycles. The zero-order chi connectivity index (χ0) is 21.4. The van der Waals surface area contributed by atoms with Crippen molar-refractivity contribution in [3.8, 4) is 22.5 Å². The van der Waals surface area contributed by atoms with Crippen LogP contribution in [0.25, 0.3) is 33.4 Å². The molecule has 0 atom stereocenters. The highest BCUT2D eigenvalue weighted by Gasteiger charge is 2.25. The number of benzene rings is 1. The van der Waals surface area contributed by atoms with E-state index < -0.39 is 5.97 Å². The van der Waals surface area contributed by atoms with E-state index in [1.165, 1.54) is 5.69 Å². The molecule has 0 amide bonds. The molecule has 6 nitrogen and oxygen atoms in total. The summed E-state index contributed by atoms with van der Waals surface area (Å²) in [5.41, 5.74) is 8.37. The van der Waals surface area contributed by atoms with Crippen LogP contribution in [0, 0.1) is 6.92 Å². The summed E-state index contributed by atoms with van der Waals surface area (Å²) in [4.78, 5) is 20.2. The Morgan fingerprint density at radius 2 is 2.10 bits per heavy atom. The number of hydrogen-bond acceptors (Lipinski definition) is 4. The lowest BCUT2D eigenvalue weighted by molar-refractivity contribution is -0.137. The Labute approximate surface area is 180 Å². The van der Waals surface area contributed by atoms with Crippen LogP contribution in [0.3, 0.4) is 0 Å². The monoisotopic (exact) mass is 412 g/mol. The van der Waals surface area contributed by atoms with Gasteiger partial charge in [0.05, 0.1) is 11.2 Å². The summed E-state index contributed by atoms with van der Waals surface area (Å²) >= 11 is 0. The quantitative estimate of drug-likeness (QED) is 0.491. The van der Waals surface area contributed by atoms with Crippen LogP contribution < -0.4 is 0 Å². The number of carboxylic acids is 1. The van der Waals surface area contributed by atoms with Gasteiger partial charge in [0.1, 0.15) is 5.69 Å². The molecule has 1 aliphatic rings. The normalized spacial score (nSPS) is 12.9. The predicted molar refractivity (Wildman–Crippen MR) is 120 cm³/mol. The maximum atomic E-state index is 10.8. The Hall–Kier alpha value is -3.54. The van der Waals surface area contributed by atoms with E-state index in [0.29, 0.717) is 6.42 Å². The van der Waals surface area contributed by atoms with Crippen LogP contribution in [0.5, 0.6) is 0 Å². The maximum absolute atomic E-state index is 10.8. The molecule has 31 heavy (non-hydrogen) atoms. The number of aryl methyl sites for hydroxylation is 3. The summed E-state index contributed by atoms with van der Waals surface area (Å²) in [6.07, 6.45) is 5.50. The predicted octanol–water partition coefficient (Wildman–Crippen LogP) is 4.82. The Bertz CT molecular complexity index is 1290. The van der Waals surface area contributed by atoms with Gasteiger partial charge in [-0.3, -0.25) is 19.4 Å². The van der Waals surface area contributed by atoms with Crippen molar-refractivity contribution >= 4 is 16.9 Å². The smallest absolute Gasteiger partial charge is 0.303 e. The first kappa shape index (κ1) is 19.4. The fraction of sp³-hybridized carbons (Fsp3) is 0.280. The molecule has 0 unspecified atom stereocenters. The van der Waals surface area contributed by atoms with Gasteiger partial charge in [0.25, 0.3) is 0 Å². The minimum atomic E-state index is -0.756. The molecule has 5 rings (SSSR count). The van der Waals surface area contributed by atoms with Gasteiger partial charge in [-0.2, -0.15) is 5.10 Å². The van der Waals surface area contributed by atoms with Gasteiger partial charge in [-0.05, 0) is 68.0 Å². The van der Waals surface area contributed by atoms with E-state index >= 15 is 0 Å². The molecule has 0 radical (unpaired) electrons. The largest absolute Gasteiger partial charge is 0.481 e. The first-order chi connectivity index (χ1) is 15.1. The van der Waals surface area contributed by atoms with Gasteiger partial charge in [0.15, 0.2) is 0 Å². The van der Waals surface area contributed by atoms with Crippen molar-refractivity contribution in [1.82, 2.24) is 19.7 Å². The van der Waals surface area contributed by atoms with E-state index in [2.05, 4.69) is 33.9 Å². The molecule has 0 saturated heterocycles. The van der Waals surface area contributed by atoms with Gasteiger partial charge in [0.2, 0.25) is 0 Å². The van der Waals surface area contributed by atoms with E-state index in [4.69, 9.17) is 15.2 Å². The summed E-state index contributed by atoms with van der Waals surface area (Å²) in [7, 11) is 0. The number of rotatable bonds is 6. The molecule has 0 spiro atoms. The maximum Gasteiger partial charge on any atom is 0.303 e. The third kappa shape index (κ3) is 3.69. The molecule has 0 fully saturated rings. The fourth-order valence-corrected chi connectivity index (χ4v) is 4.48. The molecule has 156 valence electrons. The van der Waals surface area contributed by atoms with Gasteiger partial charge in [-0.25, -0.2) is 0 Å². The Balaban J connectivity index is 1.62. The van der Waals surface area contributed by atoms with Crippen LogP contribution in [0.4, 0.5) is 0 Å². The van der Waals surface area contributed by atoms with E-state index in [9.17, 15) is 4.79 Å². The molecule has 1 N–H and O–H groups in total. The highest BCUT2D eigenvalue weighted by atomic mass is 16.4. The van der Waals surface area contributed by atoms with Gasteiger partial charge in [0, 0.05) is 41.5 Å². The minimum absolute atomic E-state index is 0.181. The van der Waals surface area contributed by atoms with E-state index in [1.807, 2.05) is 31.3 Å². The van der Waals surface area contributed by atoms with Crippen LogP contribution >= 0.6 is 0 Å². The number of carboxylic acid groups (broad SMARTS) is 1. The molecule has 3 aromatic heterocycles. The standard InChI is InChI=1S/C25H24N4O2/c1-16-5-2-7-20(27-16)25-24(22-8-4-14-29(22)28-25)19-12-13-26-21-15-17(10-11-18(19)21)6-3-9-23(30)31/h2,5,7,10-13,15H,3-4,6,8-9,14H2,1H3,(H,30,31). The number of aliphatic carboxylic acids is 1. The topological polar surface area (TPSA) is 80.9 Å². The molecule has 0 bridgehead atoms. The number of fused-ring (bicyclic) bond motifs is 2. The van der Waals surface area contributed by atoms with Crippen LogP contribution in [0.15, 0.2) is 48.7 Å². The van der Waals surface area contributed by atoms with Crippen LogP contribution in [0.1, 0.15) is 36.2 Å². The van der Waals surface area contributed by atoms with E-state index in [0.717, 1.165) is 70.5 Å². The summed E-state index contributed by atoms with van der Waals surface area (Å²) in [6, 6.07) is 14.4. The number of carbonyl (C=O) groups is 1. The molecule has 0 aliphatic carbocycles. The molecule has 1 aromatic carbocycles. The van der Waals surface area contributed by atoms with Crippen LogP contribution in [-0.2, 0) is 24.2 Å². The first-order valence-corrected chi connectivity index (χ1v) is 10.7. The third-order valence-electron chi connectivity index (χ3n) is 5.90. The second kappa shape index (κ2) is 7.95. The average molecular weight is 412 g/mol. The van der Waals surface area contributed by atoms with Gasteiger partial charge in [-0.1, -0.05) is 18.2 Å². The lowest BCUT2D eigenvalue weighted by atomic mass is 9.95. The van der Waals surface area contributed by atoms with Crippen molar-refractivity contribution in [2.24, 2.45) is 0 Å². The second-order valence-electron chi connectivity index (χ2n) is 8.12. The van der Waals surface area contributed by atoms with E-state index in [1.54, 1.807) is 0 Å². The molecular weight excluding hydrogens is 388 g/mol. The van der Waals surface area contributed by atoms with Gasteiger partial charge in [-0.15, -0.1) is 0 Å². The molecular formula is C25H24N4O2. The van der Waals surface area contributed by atoms with Crippen LogP contribution in [-0.4, -0.2) is 30.8 Å². The Kier molecular flexibility index (Phi) is 4.98. The summed E-state index contributed by atoms with van der Waals surface area (Å²) in [5, 5.41) is 14.9. The molecule has 0 saturated carbocycles. The second-order valence-corrected chi connectivity index (χ2v) is 8.12. The van der Waals surface area contributed by atoms with E-state index in [-0.39, 0.29) is 6.42 Å². The van der Waals surface area contributed by atoms with Gasteiger partial charge >= 0.3 is 5.97 Å². The SMILES string of the molecule is Cc1cccc(-c2nn3c(c2-c2ccnc4cc(CCCC(=O)O)ccc24)CCC3)n1. The fourth-order valence-electron chi connectivity index (χ4n) is 4.48. The average Bonchev–Trinajstić information content (AvgIpc) is 3.34. The number of nitrogens with zero attached hydrogens (tertiary/aromatic N) is 4. The number of aromatic nitrogens is 4. The molecule has 4 heterocycles. The number of hydrogen-bond donors (Lipinski definition) is 1. The Morgan fingerprint density at radius 3 is 2.94 bits per heavy atom. The third-order valence-corrected chi connectivity index (χ3v) is 5.90. The highest BCUT2D eigenvalue weighted by molar-refractivity contribution is 5.99. The lowest BCUT2D eigenvalue weighted by Gasteiger charge is -2.10. The zero-order valence-corrected chi connectivity index (χ0v) is 17.5. The highest BCUT2D eigenvalue weighted by Crippen LogP contribution is 2.39. The van der Waals surface area contributed by atoms with Crippen molar-refractivity contribution in [1.29, 1.82) is 0 Å². The lowest BCUT2D eigenvalue weighted by Crippen LogP contribution is -1.96. The Morgan fingerprint density at radius 1 is 1.19 bits per heavy atom. The van der Waals surface area contributed by atoms with Crippen molar-refractivity contribution in [2.45, 2.75) is 45.6 Å². The minimum Gasteiger partial charge on any atom is -0.481 e. The summed E-state index contributed by atoms with van der Waals surface area (Å²) < 4.78 is 2.13. The van der Waals surface area contributed by atoms with Crippen molar-refractivity contribution in [3.05, 3.63) is 65.6 Å². The number of pyridine rings is 2. The van der Waals surface area contributed by atoms with Crippen molar-refractivity contribution in [3.63, 3.8) is 0 Å². The van der Waals surface area contributed by atoms with Gasteiger partial charge < -0.3 is 5.11 Å². The van der Waals surface area contributed by atoms with Crippen molar-refractivity contribution < 1.29 is 9.90 Å². The van der Waals surface area contributed by atoms with Crippen molar-refractivity contribution in [2.75, 3.05) is 0 Å². The summed E-state index contributed by atoms with van der Waals surface area (Å²) in [5.74, 6) is -0.756. The first-order valence-electron chi connectivity index (χ1n) is 10.7.